The van der Waals surface area contributed by atoms with Crippen LogP contribution in [0.2, 0.25) is 5.04 Å². The van der Waals surface area contributed by atoms with Crippen molar-refractivity contribution in [3.8, 4) is 11.1 Å². The van der Waals surface area contributed by atoms with E-state index in [0.717, 1.165) is 32.0 Å². The first kappa shape index (κ1) is 50.7. The number of para-hydroxylation sites is 1. The second-order valence-electron chi connectivity index (χ2n) is 17.5. The molecule has 5 aromatic rings. The summed E-state index contributed by atoms with van der Waals surface area (Å²) in [5, 5.41) is 19.3. The van der Waals surface area contributed by atoms with Gasteiger partial charge in [-0.05, 0) is 56.6 Å². The maximum atomic E-state index is 14.0. The van der Waals surface area contributed by atoms with E-state index in [0.29, 0.717) is 17.7 Å². The monoisotopic (exact) mass is 954 g/mol. The number of halogens is 3. The predicted molar refractivity (Wildman–Crippen MR) is 254 cm³/mol. The maximum absolute atomic E-state index is 14.0. The minimum Gasteiger partial charge on any atom is -0.465 e. The predicted octanol–water partition coefficient (Wildman–Crippen LogP) is 8.17. The fourth-order valence-corrected chi connectivity index (χ4v) is 13.1. The average molecular weight is 955 g/mol. The van der Waals surface area contributed by atoms with Crippen molar-refractivity contribution in [3.05, 3.63) is 151 Å². The summed E-state index contributed by atoms with van der Waals surface area (Å²) < 4.78 is 62.8. The largest absolute Gasteiger partial charge is 0.465 e. The molecule has 1 fully saturated rings. The van der Waals surface area contributed by atoms with Crippen LogP contribution in [0.15, 0.2) is 140 Å². The Balaban J connectivity index is 1.23. The zero-order valence-electron chi connectivity index (χ0n) is 38.3. The van der Waals surface area contributed by atoms with Crippen LogP contribution in [0.4, 0.5) is 33.2 Å². The van der Waals surface area contributed by atoms with Crippen molar-refractivity contribution >= 4 is 48.6 Å². The van der Waals surface area contributed by atoms with Crippen LogP contribution in [0, 0.1) is 0 Å². The molecule has 360 valence electrons. The highest BCUT2D eigenvalue weighted by atomic mass is 28.4. The number of hydrogen-bond acceptors (Lipinski definition) is 8. The highest BCUT2D eigenvalue weighted by Crippen LogP contribution is 2.38. The first-order valence-electron chi connectivity index (χ1n) is 22.2. The van der Waals surface area contributed by atoms with E-state index < -0.39 is 81.2 Å². The summed E-state index contributed by atoms with van der Waals surface area (Å²) in [6.45, 7) is 3.63. The molecule has 4 N–H and O–H groups in total. The molecule has 1 heterocycles. The molecule has 1 saturated heterocycles. The number of rotatable bonds is 17. The summed E-state index contributed by atoms with van der Waals surface area (Å²) in [7, 11) is -2.02. The second-order valence-corrected chi connectivity index (χ2v) is 21.8. The van der Waals surface area contributed by atoms with Crippen molar-refractivity contribution in [2.45, 2.75) is 75.5 Å². The maximum Gasteiger partial charge on any atom is 0.407 e. The SMILES string of the molecule is COC(=O)N[C@@H](Cc1ccc(-c2ccccc2)cc1)C(=O)Nc1ccccc1CC[C@@H]1CN(C(=O)O)C(COC(=O)NCC(F)(F)F)C(CO[Si](c2ccccc2)(c2ccccc2)C(C)(C)C)O1. The molecule has 68 heavy (non-hydrogen) atoms. The Morgan fingerprint density at radius 2 is 1.35 bits per heavy atom. The molecule has 0 saturated carbocycles. The second kappa shape index (κ2) is 22.9. The van der Waals surface area contributed by atoms with Gasteiger partial charge < -0.3 is 39.7 Å². The molecule has 1 aliphatic rings. The van der Waals surface area contributed by atoms with E-state index in [9.17, 15) is 37.5 Å². The van der Waals surface area contributed by atoms with E-state index in [-0.39, 0.29) is 26.0 Å². The van der Waals surface area contributed by atoms with E-state index in [1.54, 1.807) is 23.5 Å². The molecule has 0 aliphatic carbocycles. The van der Waals surface area contributed by atoms with Gasteiger partial charge in [-0.15, -0.1) is 0 Å². The number of amides is 4. The number of methoxy groups -OCH3 is 1. The molecule has 0 radical (unpaired) electrons. The smallest absolute Gasteiger partial charge is 0.407 e. The third-order valence-electron chi connectivity index (χ3n) is 11.8. The molecule has 5 aromatic carbocycles. The molecule has 0 aromatic heterocycles. The number of ether oxygens (including phenoxy) is 3. The molecule has 17 heteroatoms. The number of carbonyl (C=O) groups is 4. The number of hydrogen-bond donors (Lipinski definition) is 4. The number of anilines is 1. The highest BCUT2D eigenvalue weighted by molar-refractivity contribution is 6.99. The molecule has 13 nitrogen and oxygen atoms in total. The quantitative estimate of drug-likeness (QED) is 0.0674. The highest BCUT2D eigenvalue weighted by Gasteiger charge is 2.52. The summed E-state index contributed by atoms with van der Waals surface area (Å²) in [5.41, 5.74) is 3.98. The van der Waals surface area contributed by atoms with Gasteiger partial charge in [-0.1, -0.05) is 154 Å². The zero-order valence-corrected chi connectivity index (χ0v) is 39.3. The Morgan fingerprint density at radius 1 is 0.779 bits per heavy atom. The van der Waals surface area contributed by atoms with Gasteiger partial charge in [0.1, 0.15) is 25.3 Å². The molecule has 2 unspecified atom stereocenters. The third kappa shape index (κ3) is 13.3. The van der Waals surface area contributed by atoms with Crippen LogP contribution in [0.1, 0.15) is 38.3 Å². The van der Waals surface area contributed by atoms with Crippen LogP contribution in [0.5, 0.6) is 0 Å². The summed E-state index contributed by atoms with van der Waals surface area (Å²) in [6.07, 6.45) is -9.29. The zero-order chi connectivity index (χ0) is 48.9. The molecule has 0 bridgehead atoms. The lowest BCUT2D eigenvalue weighted by Crippen LogP contribution is -2.68. The van der Waals surface area contributed by atoms with Crippen molar-refractivity contribution in [1.29, 1.82) is 0 Å². The van der Waals surface area contributed by atoms with Crippen LogP contribution in [0.25, 0.3) is 11.1 Å². The number of nitrogens with zero attached hydrogens (tertiary/aromatic N) is 1. The fourth-order valence-electron chi connectivity index (χ4n) is 8.52. The van der Waals surface area contributed by atoms with Crippen LogP contribution in [0.3, 0.4) is 0 Å². The minimum absolute atomic E-state index is 0.158. The van der Waals surface area contributed by atoms with Crippen molar-refractivity contribution in [2.24, 2.45) is 0 Å². The van der Waals surface area contributed by atoms with Crippen molar-refractivity contribution in [1.82, 2.24) is 15.5 Å². The Morgan fingerprint density at radius 3 is 1.93 bits per heavy atom. The van der Waals surface area contributed by atoms with E-state index in [1.165, 1.54) is 7.11 Å². The van der Waals surface area contributed by atoms with Crippen LogP contribution in [-0.4, -0.2) is 106 Å². The number of benzene rings is 5. The molecule has 4 atom stereocenters. The van der Waals surface area contributed by atoms with Crippen LogP contribution < -0.4 is 26.3 Å². The Bertz CT molecular complexity index is 2400. The van der Waals surface area contributed by atoms with Gasteiger partial charge in [-0.3, -0.25) is 9.69 Å². The standard InChI is InChI=1S/C51H57F3N4O9Si/c1-50(2,3)68(40-19-10-6-11-20-40,41-21-12-7-13-22-41)66-33-45-44(32-65-47(60)55-34-51(52,53)54)58(49(62)63)31-39(67-45)29-28-38-18-14-15-23-42(38)56-46(59)43(57-48(61)64-4)30-35-24-26-37(27-25-35)36-16-8-5-9-17-36/h5-27,39,43-45H,28-34H2,1-4H3,(H,55,60)(H,56,59)(H,57,61)(H,62,63)/t39-,43+,44?,45?/m1/s1. The molecule has 6 rings (SSSR count). The van der Waals surface area contributed by atoms with Crippen LogP contribution in [-0.2, 0) is 36.3 Å². The molecular formula is C51H57F3N4O9Si. The van der Waals surface area contributed by atoms with Crippen molar-refractivity contribution in [3.63, 3.8) is 0 Å². The molecule has 0 spiro atoms. The summed E-state index contributed by atoms with van der Waals surface area (Å²) in [4.78, 5) is 53.0. The Hall–Kier alpha value is -6.69. The number of nitrogens with one attached hydrogen (secondary N) is 3. The van der Waals surface area contributed by atoms with Gasteiger partial charge in [-0.2, -0.15) is 13.2 Å². The Labute approximate surface area is 395 Å². The first-order valence-corrected chi connectivity index (χ1v) is 24.1. The fraction of sp³-hybridized carbons (Fsp3) is 0.333. The molecule has 4 amide bonds. The minimum atomic E-state index is -4.70. The number of aryl methyl sites for hydroxylation is 1. The van der Waals surface area contributed by atoms with E-state index in [4.69, 9.17) is 18.6 Å². The number of alkyl carbamates (subject to hydrolysis) is 2. The van der Waals surface area contributed by atoms with Gasteiger partial charge in [0.25, 0.3) is 8.32 Å². The number of alkyl halides is 3. The lowest BCUT2D eigenvalue weighted by molar-refractivity contribution is -0.136. The lowest BCUT2D eigenvalue weighted by Gasteiger charge is -2.47. The number of carboxylic acid groups (broad SMARTS) is 1. The van der Waals surface area contributed by atoms with Gasteiger partial charge in [0.05, 0.1) is 32.4 Å². The average Bonchev–Trinajstić information content (AvgIpc) is 3.32. The number of carbonyl (C=O) groups excluding carboxylic acids is 3. The van der Waals surface area contributed by atoms with E-state index in [1.807, 2.05) is 121 Å². The van der Waals surface area contributed by atoms with E-state index >= 15 is 0 Å². The van der Waals surface area contributed by atoms with Crippen molar-refractivity contribution in [2.75, 3.05) is 38.7 Å². The summed E-state index contributed by atoms with van der Waals surface area (Å²) in [6, 6.07) is 41.9. The Kier molecular flexibility index (Phi) is 17.1. The number of morpholine rings is 1. The third-order valence-corrected chi connectivity index (χ3v) is 16.9. The van der Waals surface area contributed by atoms with Crippen molar-refractivity contribution < 1.29 is 56.1 Å². The molecule has 1 aliphatic heterocycles. The summed E-state index contributed by atoms with van der Waals surface area (Å²) >= 11 is 0. The lowest BCUT2D eigenvalue weighted by atomic mass is 9.99. The van der Waals surface area contributed by atoms with E-state index in [2.05, 4.69) is 31.4 Å². The normalized spacial score (nSPS) is 16.8. The van der Waals surface area contributed by atoms with Gasteiger partial charge in [0.15, 0.2) is 0 Å². The van der Waals surface area contributed by atoms with Gasteiger partial charge >= 0.3 is 24.5 Å². The van der Waals surface area contributed by atoms with Gasteiger partial charge in [0, 0.05) is 12.1 Å². The molecular weight excluding hydrogens is 898 g/mol. The van der Waals surface area contributed by atoms with Gasteiger partial charge in [-0.25, -0.2) is 14.4 Å². The van der Waals surface area contributed by atoms with Crippen LogP contribution >= 0.6 is 0 Å². The first-order chi connectivity index (χ1) is 32.5. The van der Waals surface area contributed by atoms with Gasteiger partial charge in [0.2, 0.25) is 5.91 Å². The summed E-state index contributed by atoms with van der Waals surface area (Å²) in [5.74, 6) is -0.497. The topological polar surface area (TPSA) is 165 Å².